The zero-order valence-electron chi connectivity index (χ0n) is 13.5. The summed E-state index contributed by atoms with van der Waals surface area (Å²) in [6.45, 7) is 7.54. The minimum atomic E-state index is -0.161. The molecule has 1 aromatic heterocycles. The molecule has 2 aromatic rings. The van der Waals surface area contributed by atoms with Gasteiger partial charge in [0.25, 0.3) is 0 Å². The SMILES string of the molecule is CC(=O)c1ccc2c(c1)N(Cc1c(C)noc1C)C(=O)C(C)S2. The lowest BCUT2D eigenvalue weighted by Crippen LogP contribution is -2.39. The largest absolute Gasteiger partial charge is 0.361 e. The molecule has 1 unspecified atom stereocenters. The summed E-state index contributed by atoms with van der Waals surface area (Å²) in [4.78, 5) is 27.1. The van der Waals surface area contributed by atoms with E-state index in [1.54, 1.807) is 11.0 Å². The van der Waals surface area contributed by atoms with Crippen LogP contribution in [0.25, 0.3) is 0 Å². The fraction of sp³-hybridized carbons (Fsp3) is 0.353. The van der Waals surface area contributed by atoms with Crippen molar-refractivity contribution in [3.63, 3.8) is 0 Å². The summed E-state index contributed by atoms with van der Waals surface area (Å²) in [5.41, 5.74) is 3.09. The lowest BCUT2D eigenvalue weighted by atomic mass is 10.1. The molecule has 0 bridgehead atoms. The summed E-state index contributed by atoms with van der Waals surface area (Å²) in [6.07, 6.45) is 0. The Balaban J connectivity index is 2.07. The van der Waals surface area contributed by atoms with Crippen molar-refractivity contribution < 1.29 is 14.1 Å². The van der Waals surface area contributed by atoms with Gasteiger partial charge in [-0.05, 0) is 39.8 Å². The first kappa shape index (κ1) is 15.8. The Bertz CT molecular complexity index is 778. The number of hydrogen-bond donors (Lipinski definition) is 0. The molecule has 23 heavy (non-hydrogen) atoms. The van der Waals surface area contributed by atoms with E-state index in [0.717, 1.165) is 21.8 Å². The number of anilines is 1. The van der Waals surface area contributed by atoms with E-state index in [0.29, 0.717) is 17.9 Å². The van der Waals surface area contributed by atoms with Crippen molar-refractivity contribution in [2.75, 3.05) is 4.90 Å². The van der Waals surface area contributed by atoms with Gasteiger partial charge in [0.2, 0.25) is 5.91 Å². The molecule has 3 rings (SSSR count). The highest BCUT2D eigenvalue weighted by atomic mass is 32.2. The summed E-state index contributed by atoms with van der Waals surface area (Å²) >= 11 is 1.52. The number of nitrogens with zero attached hydrogens (tertiary/aromatic N) is 2. The van der Waals surface area contributed by atoms with E-state index in [-0.39, 0.29) is 16.9 Å². The van der Waals surface area contributed by atoms with Gasteiger partial charge in [-0.2, -0.15) is 0 Å². The topological polar surface area (TPSA) is 63.4 Å². The van der Waals surface area contributed by atoms with E-state index in [4.69, 9.17) is 4.52 Å². The quantitative estimate of drug-likeness (QED) is 0.806. The second-order valence-electron chi connectivity index (χ2n) is 5.73. The van der Waals surface area contributed by atoms with E-state index in [2.05, 4.69) is 5.16 Å². The van der Waals surface area contributed by atoms with Crippen molar-refractivity contribution >= 4 is 29.1 Å². The highest BCUT2D eigenvalue weighted by Gasteiger charge is 2.32. The Morgan fingerprint density at radius 3 is 2.74 bits per heavy atom. The predicted molar refractivity (Wildman–Crippen MR) is 88.9 cm³/mol. The molecule has 0 N–H and O–H groups in total. The number of rotatable bonds is 3. The Morgan fingerprint density at radius 1 is 1.39 bits per heavy atom. The van der Waals surface area contributed by atoms with Gasteiger partial charge in [0.1, 0.15) is 5.76 Å². The highest BCUT2D eigenvalue weighted by molar-refractivity contribution is 8.00. The Hall–Kier alpha value is -2.08. The zero-order chi connectivity index (χ0) is 16.7. The lowest BCUT2D eigenvalue weighted by Gasteiger charge is -2.32. The van der Waals surface area contributed by atoms with Crippen molar-refractivity contribution in [1.29, 1.82) is 0 Å². The second-order valence-corrected chi connectivity index (χ2v) is 7.11. The van der Waals surface area contributed by atoms with Gasteiger partial charge in [0.15, 0.2) is 5.78 Å². The van der Waals surface area contributed by atoms with Gasteiger partial charge in [-0.1, -0.05) is 11.2 Å². The number of amides is 1. The van der Waals surface area contributed by atoms with E-state index >= 15 is 0 Å². The molecule has 1 atom stereocenters. The van der Waals surface area contributed by atoms with Crippen molar-refractivity contribution in [1.82, 2.24) is 5.16 Å². The summed E-state index contributed by atoms with van der Waals surface area (Å²) in [7, 11) is 0. The number of Topliss-reactive ketones (excluding diaryl/α,β-unsaturated/α-hetero) is 1. The number of benzene rings is 1. The number of hydrogen-bond acceptors (Lipinski definition) is 5. The minimum Gasteiger partial charge on any atom is -0.361 e. The van der Waals surface area contributed by atoms with Crippen molar-refractivity contribution in [2.24, 2.45) is 0 Å². The van der Waals surface area contributed by atoms with Crippen LogP contribution in [0.2, 0.25) is 0 Å². The molecular weight excluding hydrogens is 312 g/mol. The first-order valence-corrected chi connectivity index (χ1v) is 8.31. The molecule has 1 aromatic carbocycles. The molecule has 1 aliphatic rings. The number of aromatic nitrogens is 1. The first-order chi connectivity index (χ1) is 10.9. The van der Waals surface area contributed by atoms with Crippen LogP contribution < -0.4 is 4.90 Å². The Kier molecular flexibility index (Phi) is 4.02. The van der Waals surface area contributed by atoms with Gasteiger partial charge in [-0.25, -0.2) is 0 Å². The third-order valence-corrected chi connectivity index (χ3v) is 5.23. The van der Waals surface area contributed by atoms with E-state index in [9.17, 15) is 9.59 Å². The number of fused-ring (bicyclic) bond motifs is 1. The molecule has 120 valence electrons. The summed E-state index contributed by atoms with van der Waals surface area (Å²) in [5.74, 6) is 0.731. The van der Waals surface area contributed by atoms with Gasteiger partial charge in [-0.15, -0.1) is 11.8 Å². The van der Waals surface area contributed by atoms with Crippen LogP contribution >= 0.6 is 11.8 Å². The third-order valence-electron chi connectivity index (χ3n) is 4.07. The molecule has 0 aliphatic carbocycles. The average molecular weight is 330 g/mol. The Morgan fingerprint density at radius 2 is 2.13 bits per heavy atom. The van der Waals surface area contributed by atoms with Gasteiger partial charge in [0.05, 0.1) is 23.2 Å². The summed E-state index contributed by atoms with van der Waals surface area (Å²) in [5, 5.41) is 3.79. The minimum absolute atomic E-state index is 0.0128. The standard InChI is InChI=1S/C17H18N2O3S/c1-9-14(11(3)22-18-9)8-19-15-7-13(10(2)20)5-6-16(15)23-12(4)17(19)21/h5-7,12H,8H2,1-4H3. The number of aryl methyl sites for hydroxylation is 2. The fourth-order valence-electron chi connectivity index (χ4n) is 2.67. The highest BCUT2D eigenvalue weighted by Crippen LogP contribution is 2.40. The van der Waals surface area contributed by atoms with Gasteiger partial charge >= 0.3 is 0 Å². The fourth-order valence-corrected chi connectivity index (χ4v) is 3.72. The second kappa shape index (κ2) is 5.85. The predicted octanol–water partition coefficient (Wildman–Crippen LogP) is 3.52. The zero-order valence-corrected chi connectivity index (χ0v) is 14.4. The molecule has 0 fully saturated rings. The molecule has 0 saturated carbocycles. The van der Waals surface area contributed by atoms with Crippen molar-refractivity contribution in [2.45, 2.75) is 44.4 Å². The number of carbonyl (C=O) groups excluding carboxylic acids is 2. The van der Waals surface area contributed by atoms with Crippen LogP contribution in [0.4, 0.5) is 5.69 Å². The molecule has 0 spiro atoms. The maximum atomic E-state index is 12.7. The molecule has 0 radical (unpaired) electrons. The molecule has 5 nitrogen and oxygen atoms in total. The third kappa shape index (κ3) is 2.79. The van der Waals surface area contributed by atoms with Gasteiger partial charge in [-0.3, -0.25) is 9.59 Å². The maximum absolute atomic E-state index is 12.7. The van der Waals surface area contributed by atoms with Gasteiger partial charge < -0.3 is 9.42 Å². The maximum Gasteiger partial charge on any atom is 0.240 e. The Labute approximate surface area is 139 Å². The number of ketones is 1. The molecule has 0 saturated heterocycles. The lowest BCUT2D eigenvalue weighted by molar-refractivity contribution is -0.118. The van der Waals surface area contributed by atoms with E-state index in [1.165, 1.54) is 18.7 Å². The number of thioether (sulfide) groups is 1. The van der Waals surface area contributed by atoms with Crippen molar-refractivity contribution in [3.05, 3.63) is 40.8 Å². The van der Waals surface area contributed by atoms with Crippen LogP contribution in [0.5, 0.6) is 0 Å². The normalized spacial score (nSPS) is 17.3. The van der Waals surface area contributed by atoms with Crippen LogP contribution in [0.1, 0.15) is 41.2 Å². The summed E-state index contributed by atoms with van der Waals surface area (Å²) in [6, 6.07) is 5.53. The number of carbonyl (C=O) groups is 2. The van der Waals surface area contributed by atoms with Crippen LogP contribution in [0, 0.1) is 13.8 Å². The van der Waals surface area contributed by atoms with Crippen molar-refractivity contribution in [3.8, 4) is 0 Å². The average Bonchev–Trinajstić information content (AvgIpc) is 2.82. The van der Waals surface area contributed by atoms with Crippen LogP contribution in [-0.4, -0.2) is 22.1 Å². The van der Waals surface area contributed by atoms with E-state index in [1.807, 2.05) is 32.9 Å². The first-order valence-electron chi connectivity index (χ1n) is 7.43. The molecule has 6 heteroatoms. The van der Waals surface area contributed by atoms with E-state index < -0.39 is 0 Å². The smallest absolute Gasteiger partial charge is 0.240 e. The monoisotopic (exact) mass is 330 g/mol. The van der Waals surface area contributed by atoms with Crippen LogP contribution in [-0.2, 0) is 11.3 Å². The van der Waals surface area contributed by atoms with Gasteiger partial charge in [0, 0.05) is 16.0 Å². The molecular formula is C17H18N2O3S. The summed E-state index contributed by atoms with van der Waals surface area (Å²) < 4.78 is 5.20. The molecule has 2 heterocycles. The van der Waals surface area contributed by atoms with Crippen LogP contribution in [0.15, 0.2) is 27.6 Å². The molecule has 1 amide bonds. The van der Waals surface area contributed by atoms with Crippen LogP contribution in [0.3, 0.4) is 0 Å². The molecule has 1 aliphatic heterocycles.